The normalized spacial score (nSPS) is 18.0. The molecule has 1 saturated heterocycles. The van der Waals surface area contributed by atoms with E-state index in [1.165, 1.54) is 6.92 Å². The first-order chi connectivity index (χ1) is 9.15. The molecule has 104 valence electrons. The summed E-state index contributed by atoms with van der Waals surface area (Å²) in [5.41, 5.74) is 1.61. The Hall–Kier alpha value is -1.43. The predicted octanol–water partition coefficient (Wildman–Crippen LogP) is 1.01. The van der Waals surface area contributed by atoms with Crippen LogP contribution >= 0.6 is 0 Å². The smallest absolute Gasteiger partial charge is 0.221 e. The van der Waals surface area contributed by atoms with Crippen molar-refractivity contribution in [1.82, 2.24) is 4.90 Å². The molecule has 5 heteroatoms. The number of ether oxygens (including phenoxy) is 1. The first kappa shape index (κ1) is 14.0. The summed E-state index contributed by atoms with van der Waals surface area (Å²) in [4.78, 5) is 13.1. The molecule has 0 spiro atoms. The molecule has 0 aliphatic carbocycles. The number of hydrogen-bond acceptors (Lipinski definition) is 4. The second-order valence-electron chi connectivity index (χ2n) is 4.73. The number of β-amino-alcohol motifs (C(OH)–C–C–N with tert-alkyl or cyclic N) is 1. The topological polar surface area (TPSA) is 61.8 Å². The van der Waals surface area contributed by atoms with Crippen molar-refractivity contribution < 1.29 is 14.6 Å². The van der Waals surface area contributed by atoms with Crippen molar-refractivity contribution in [1.29, 1.82) is 0 Å². The van der Waals surface area contributed by atoms with Gasteiger partial charge in [-0.3, -0.25) is 9.69 Å². The zero-order chi connectivity index (χ0) is 13.7. The maximum absolute atomic E-state index is 10.9. The molecule has 0 aromatic heterocycles. The molecule has 0 bridgehead atoms. The van der Waals surface area contributed by atoms with Crippen LogP contribution in [0, 0.1) is 0 Å². The minimum atomic E-state index is -0.510. The maximum atomic E-state index is 10.9. The Morgan fingerprint density at radius 3 is 2.58 bits per heavy atom. The Bertz CT molecular complexity index is 413. The van der Waals surface area contributed by atoms with E-state index in [1.807, 2.05) is 12.1 Å². The highest BCUT2D eigenvalue weighted by atomic mass is 16.5. The van der Waals surface area contributed by atoms with E-state index < -0.39 is 6.10 Å². The Morgan fingerprint density at radius 2 is 2.00 bits per heavy atom. The van der Waals surface area contributed by atoms with Gasteiger partial charge in [0.25, 0.3) is 0 Å². The average molecular weight is 264 g/mol. The molecule has 1 heterocycles. The molecule has 1 aromatic rings. The number of hydrogen-bond donors (Lipinski definition) is 2. The molecular weight excluding hydrogens is 244 g/mol. The molecule has 1 fully saturated rings. The number of rotatable bonds is 4. The van der Waals surface area contributed by atoms with Crippen molar-refractivity contribution in [3.63, 3.8) is 0 Å². The molecule has 1 amide bonds. The van der Waals surface area contributed by atoms with Crippen molar-refractivity contribution in [3.8, 4) is 0 Å². The number of aliphatic hydroxyl groups is 1. The minimum Gasteiger partial charge on any atom is -0.387 e. The van der Waals surface area contributed by atoms with Crippen LogP contribution in [0.5, 0.6) is 0 Å². The third-order valence-electron chi connectivity index (χ3n) is 3.15. The first-order valence-corrected chi connectivity index (χ1v) is 6.51. The Labute approximate surface area is 113 Å². The third-order valence-corrected chi connectivity index (χ3v) is 3.15. The fourth-order valence-electron chi connectivity index (χ4n) is 2.13. The van der Waals surface area contributed by atoms with E-state index in [0.29, 0.717) is 6.54 Å². The molecule has 2 rings (SSSR count). The van der Waals surface area contributed by atoms with E-state index in [4.69, 9.17) is 4.74 Å². The number of aliphatic hydroxyl groups excluding tert-OH is 1. The number of nitrogens with zero attached hydrogens (tertiary/aromatic N) is 1. The van der Waals surface area contributed by atoms with Gasteiger partial charge in [-0.25, -0.2) is 0 Å². The largest absolute Gasteiger partial charge is 0.387 e. The van der Waals surface area contributed by atoms with Crippen molar-refractivity contribution in [3.05, 3.63) is 29.8 Å². The highest BCUT2D eigenvalue weighted by Crippen LogP contribution is 2.18. The summed E-state index contributed by atoms with van der Waals surface area (Å²) in [6, 6.07) is 7.30. The maximum Gasteiger partial charge on any atom is 0.221 e. The zero-order valence-corrected chi connectivity index (χ0v) is 11.1. The summed E-state index contributed by atoms with van der Waals surface area (Å²) in [7, 11) is 0. The average Bonchev–Trinajstić information content (AvgIpc) is 2.40. The standard InChI is InChI=1S/C14H20N2O3/c1-11(17)15-13-4-2-12(3-5-13)14(18)10-16-6-8-19-9-7-16/h2-5,14,18H,6-10H2,1H3,(H,15,17). The minimum absolute atomic E-state index is 0.0957. The van der Waals surface area contributed by atoms with E-state index in [2.05, 4.69) is 10.2 Å². The zero-order valence-electron chi connectivity index (χ0n) is 11.1. The number of nitrogens with one attached hydrogen (secondary N) is 1. The monoisotopic (exact) mass is 264 g/mol. The fraction of sp³-hybridized carbons (Fsp3) is 0.500. The summed E-state index contributed by atoms with van der Waals surface area (Å²) < 4.78 is 5.28. The Balaban J connectivity index is 1.91. The van der Waals surface area contributed by atoms with Crippen LogP contribution in [-0.2, 0) is 9.53 Å². The molecule has 1 atom stereocenters. The van der Waals surface area contributed by atoms with Gasteiger partial charge in [0.2, 0.25) is 5.91 Å². The number of morpholine rings is 1. The van der Waals surface area contributed by atoms with Gasteiger partial charge in [0.15, 0.2) is 0 Å². The van der Waals surface area contributed by atoms with Gasteiger partial charge < -0.3 is 15.2 Å². The molecule has 1 unspecified atom stereocenters. The number of carbonyl (C=O) groups is 1. The highest BCUT2D eigenvalue weighted by Gasteiger charge is 2.16. The first-order valence-electron chi connectivity index (χ1n) is 6.51. The van der Waals surface area contributed by atoms with Gasteiger partial charge >= 0.3 is 0 Å². The third kappa shape index (κ3) is 4.31. The van der Waals surface area contributed by atoms with Crippen LogP contribution < -0.4 is 5.32 Å². The van der Waals surface area contributed by atoms with Crippen molar-refractivity contribution >= 4 is 11.6 Å². The molecule has 0 saturated carbocycles. The number of amides is 1. The number of benzene rings is 1. The molecule has 0 radical (unpaired) electrons. The van der Waals surface area contributed by atoms with Crippen LogP contribution in [-0.4, -0.2) is 48.8 Å². The van der Waals surface area contributed by atoms with Gasteiger partial charge in [-0.15, -0.1) is 0 Å². The van der Waals surface area contributed by atoms with Crippen LogP contribution in [0.25, 0.3) is 0 Å². The fourth-order valence-corrected chi connectivity index (χ4v) is 2.13. The van der Waals surface area contributed by atoms with Crippen LogP contribution in [0.2, 0.25) is 0 Å². The highest BCUT2D eigenvalue weighted by molar-refractivity contribution is 5.88. The summed E-state index contributed by atoms with van der Waals surface area (Å²) in [5, 5.41) is 12.9. The Morgan fingerprint density at radius 1 is 1.37 bits per heavy atom. The lowest BCUT2D eigenvalue weighted by Crippen LogP contribution is -2.38. The summed E-state index contributed by atoms with van der Waals surface area (Å²) >= 11 is 0. The molecule has 1 aromatic carbocycles. The predicted molar refractivity (Wildman–Crippen MR) is 73.0 cm³/mol. The molecule has 1 aliphatic rings. The molecule has 5 nitrogen and oxygen atoms in total. The second-order valence-corrected chi connectivity index (χ2v) is 4.73. The number of carbonyl (C=O) groups excluding carboxylic acids is 1. The number of anilines is 1. The van der Waals surface area contributed by atoms with Gasteiger partial charge in [-0.05, 0) is 17.7 Å². The molecule has 2 N–H and O–H groups in total. The van der Waals surface area contributed by atoms with Gasteiger partial charge in [0, 0.05) is 32.2 Å². The van der Waals surface area contributed by atoms with Crippen molar-refractivity contribution in [2.45, 2.75) is 13.0 Å². The lowest BCUT2D eigenvalue weighted by molar-refractivity contribution is -0.114. The van der Waals surface area contributed by atoms with Gasteiger partial charge in [0.1, 0.15) is 0 Å². The summed E-state index contributed by atoms with van der Waals surface area (Å²) in [6.45, 7) is 5.27. The van der Waals surface area contributed by atoms with Crippen molar-refractivity contribution in [2.75, 3.05) is 38.2 Å². The summed E-state index contributed by atoms with van der Waals surface area (Å²) in [6.07, 6.45) is -0.510. The quantitative estimate of drug-likeness (QED) is 0.852. The molecule has 19 heavy (non-hydrogen) atoms. The van der Waals surface area contributed by atoms with E-state index in [-0.39, 0.29) is 5.91 Å². The van der Waals surface area contributed by atoms with E-state index >= 15 is 0 Å². The van der Waals surface area contributed by atoms with Gasteiger partial charge in [-0.1, -0.05) is 12.1 Å². The lowest BCUT2D eigenvalue weighted by atomic mass is 10.1. The van der Waals surface area contributed by atoms with Gasteiger partial charge in [-0.2, -0.15) is 0 Å². The van der Waals surface area contributed by atoms with Crippen LogP contribution in [0.3, 0.4) is 0 Å². The van der Waals surface area contributed by atoms with Crippen LogP contribution in [0.15, 0.2) is 24.3 Å². The van der Waals surface area contributed by atoms with Crippen molar-refractivity contribution in [2.24, 2.45) is 0 Å². The van der Waals surface area contributed by atoms with E-state index in [0.717, 1.165) is 37.6 Å². The SMILES string of the molecule is CC(=O)Nc1ccc(C(O)CN2CCOCC2)cc1. The Kier molecular flexibility index (Phi) is 4.90. The van der Waals surface area contributed by atoms with Crippen LogP contribution in [0.4, 0.5) is 5.69 Å². The van der Waals surface area contributed by atoms with E-state index in [9.17, 15) is 9.90 Å². The lowest BCUT2D eigenvalue weighted by Gasteiger charge is -2.28. The molecular formula is C14H20N2O3. The van der Waals surface area contributed by atoms with Gasteiger partial charge in [0.05, 0.1) is 19.3 Å². The second kappa shape index (κ2) is 6.65. The summed E-state index contributed by atoms with van der Waals surface area (Å²) in [5.74, 6) is -0.0957. The van der Waals surface area contributed by atoms with E-state index in [1.54, 1.807) is 12.1 Å². The van der Waals surface area contributed by atoms with Crippen LogP contribution in [0.1, 0.15) is 18.6 Å². The molecule has 1 aliphatic heterocycles.